The fourth-order valence-electron chi connectivity index (χ4n) is 1.91. The minimum Gasteiger partial charge on any atom is -0.477 e. The maximum Gasteiger partial charge on any atom is 0.354 e. The van der Waals surface area contributed by atoms with Crippen LogP contribution in [0.5, 0.6) is 0 Å². The number of anilines is 1. The summed E-state index contributed by atoms with van der Waals surface area (Å²) in [4.78, 5) is 28.6. The Balaban J connectivity index is 2.33. The van der Waals surface area contributed by atoms with Gasteiger partial charge in [0.05, 0.1) is 12.1 Å². The van der Waals surface area contributed by atoms with Gasteiger partial charge in [-0.15, -0.1) is 0 Å². The van der Waals surface area contributed by atoms with Crippen molar-refractivity contribution in [3.8, 4) is 0 Å². The van der Waals surface area contributed by atoms with Crippen molar-refractivity contribution >= 4 is 28.5 Å². The molecule has 0 atom stereocenters. The van der Waals surface area contributed by atoms with Gasteiger partial charge in [0.2, 0.25) is 5.91 Å². The first-order valence-corrected chi connectivity index (χ1v) is 6.64. The smallest absolute Gasteiger partial charge is 0.354 e. The predicted molar refractivity (Wildman–Crippen MR) is 80.5 cm³/mol. The van der Waals surface area contributed by atoms with Gasteiger partial charge in [0, 0.05) is 24.7 Å². The van der Waals surface area contributed by atoms with Crippen LogP contribution < -0.4 is 5.32 Å². The minimum atomic E-state index is -1.10. The van der Waals surface area contributed by atoms with Crippen LogP contribution >= 0.6 is 0 Å². The third kappa shape index (κ3) is 3.28. The summed E-state index contributed by atoms with van der Waals surface area (Å²) in [5.41, 5.74) is 1.12. The highest BCUT2D eigenvalue weighted by Crippen LogP contribution is 2.23. The molecule has 0 fully saturated rings. The molecule has 1 heterocycles. The van der Waals surface area contributed by atoms with E-state index in [0.717, 1.165) is 5.39 Å². The van der Waals surface area contributed by atoms with Gasteiger partial charge in [-0.05, 0) is 19.1 Å². The molecule has 0 saturated carbocycles. The van der Waals surface area contributed by atoms with Crippen LogP contribution in [0, 0.1) is 0 Å². The molecule has 1 aromatic heterocycles. The van der Waals surface area contributed by atoms with Crippen molar-refractivity contribution in [2.75, 3.05) is 25.5 Å². The van der Waals surface area contributed by atoms with Crippen molar-refractivity contribution in [2.24, 2.45) is 0 Å². The molecule has 0 spiro atoms. The lowest BCUT2D eigenvalue weighted by molar-refractivity contribution is -0.127. The van der Waals surface area contributed by atoms with Gasteiger partial charge in [-0.25, -0.2) is 9.78 Å². The summed E-state index contributed by atoms with van der Waals surface area (Å²) in [7, 11) is 1.72. The van der Waals surface area contributed by atoms with Crippen LogP contribution in [-0.2, 0) is 4.79 Å². The number of carbonyl (C=O) groups excluding carboxylic acids is 1. The van der Waals surface area contributed by atoms with Gasteiger partial charge in [-0.2, -0.15) is 0 Å². The van der Waals surface area contributed by atoms with Gasteiger partial charge in [0.15, 0.2) is 5.69 Å². The number of carboxylic acid groups (broad SMARTS) is 1. The van der Waals surface area contributed by atoms with E-state index in [2.05, 4.69) is 10.3 Å². The second kappa shape index (κ2) is 6.21. The number of nitrogens with one attached hydrogen (secondary N) is 1. The molecular weight excluding hydrogens is 270 g/mol. The standard InChI is InChI=1S/C15H17N3O3/c1-3-18(2)14(19)9-16-12-8-13(15(20)21)17-11-7-5-4-6-10(11)12/h4-8H,3,9H2,1-2H3,(H,16,17)(H,20,21). The summed E-state index contributed by atoms with van der Waals surface area (Å²) in [6.45, 7) is 2.62. The van der Waals surface area contributed by atoms with Crippen LogP contribution in [0.2, 0.25) is 0 Å². The molecule has 0 aliphatic rings. The van der Waals surface area contributed by atoms with Crippen LogP contribution in [0.3, 0.4) is 0 Å². The molecule has 0 bridgehead atoms. The second-order valence-corrected chi connectivity index (χ2v) is 4.64. The van der Waals surface area contributed by atoms with Gasteiger partial charge in [-0.1, -0.05) is 18.2 Å². The Morgan fingerprint density at radius 1 is 1.33 bits per heavy atom. The van der Waals surface area contributed by atoms with Gasteiger partial charge in [0.25, 0.3) is 0 Å². The number of carbonyl (C=O) groups is 2. The number of carboxylic acids is 1. The molecule has 6 nitrogen and oxygen atoms in total. The molecular formula is C15H17N3O3. The third-order valence-corrected chi connectivity index (χ3v) is 3.27. The fourth-order valence-corrected chi connectivity index (χ4v) is 1.91. The number of aromatic nitrogens is 1. The van der Waals surface area contributed by atoms with E-state index in [0.29, 0.717) is 17.7 Å². The van der Waals surface area contributed by atoms with Crippen LogP contribution in [0.25, 0.3) is 10.9 Å². The molecule has 0 aliphatic heterocycles. The topological polar surface area (TPSA) is 82.5 Å². The summed E-state index contributed by atoms with van der Waals surface area (Å²) in [6.07, 6.45) is 0. The number of aromatic carboxylic acids is 1. The minimum absolute atomic E-state index is 0.0486. The van der Waals surface area contributed by atoms with E-state index in [9.17, 15) is 9.59 Å². The first kappa shape index (κ1) is 14.8. The lowest BCUT2D eigenvalue weighted by atomic mass is 10.1. The number of hydrogen-bond donors (Lipinski definition) is 2. The summed E-state index contributed by atoms with van der Waals surface area (Å²) >= 11 is 0. The Hall–Kier alpha value is -2.63. The van der Waals surface area contributed by atoms with Crippen molar-refractivity contribution in [2.45, 2.75) is 6.92 Å². The van der Waals surface area contributed by atoms with Crippen molar-refractivity contribution in [3.05, 3.63) is 36.0 Å². The van der Waals surface area contributed by atoms with Gasteiger partial charge in [0.1, 0.15) is 0 Å². The largest absolute Gasteiger partial charge is 0.477 e. The van der Waals surface area contributed by atoms with Crippen LogP contribution in [0.15, 0.2) is 30.3 Å². The van der Waals surface area contributed by atoms with Crippen molar-refractivity contribution in [1.82, 2.24) is 9.88 Å². The molecule has 110 valence electrons. The summed E-state index contributed by atoms with van der Waals surface area (Å²) < 4.78 is 0. The lowest BCUT2D eigenvalue weighted by Crippen LogP contribution is -2.31. The number of fused-ring (bicyclic) bond motifs is 1. The number of benzene rings is 1. The highest BCUT2D eigenvalue weighted by molar-refractivity contribution is 5.97. The molecule has 21 heavy (non-hydrogen) atoms. The first-order valence-electron chi connectivity index (χ1n) is 6.64. The highest BCUT2D eigenvalue weighted by Gasteiger charge is 2.12. The monoisotopic (exact) mass is 287 g/mol. The van der Waals surface area contributed by atoms with E-state index in [1.54, 1.807) is 24.1 Å². The average molecular weight is 287 g/mol. The van der Waals surface area contributed by atoms with E-state index in [4.69, 9.17) is 5.11 Å². The number of hydrogen-bond acceptors (Lipinski definition) is 4. The molecule has 2 N–H and O–H groups in total. The lowest BCUT2D eigenvalue weighted by Gasteiger charge is -2.16. The van der Waals surface area contributed by atoms with Crippen molar-refractivity contribution in [1.29, 1.82) is 0 Å². The summed E-state index contributed by atoms with van der Waals surface area (Å²) in [5.74, 6) is -1.16. The molecule has 6 heteroatoms. The van der Waals surface area contributed by atoms with E-state index < -0.39 is 5.97 Å². The van der Waals surface area contributed by atoms with E-state index in [1.165, 1.54) is 6.07 Å². The zero-order valence-electron chi connectivity index (χ0n) is 12.0. The molecule has 0 aliphatic carbocycles. The Kier molecular flexibility index (Phi) is 4.37. The second-order valence-electron chi connectivity index (χ2n) is 4.64. The highest BCUT2D eigenvalue weighted by atomic mass is 16.4. The predicted octanol–water partition coefficient (Wildman–Crippen LogP) is 1.82. The van der Waals surface area contributed by atoms with Gasteiger partial charge >= 0.3 is 5.97 Å². The number of amides is 1. The van der Waals surface area contributed by atoms with E-state index >= 15 is 0 Å². The van der Waals surface area contributed by atoms with Crippen molar-refractivity contribution in [3.63, 3.8) is 0 Å². The molecule has 0 saturated heterocycles. The molecule has 1 aromatic carbocycles. The van der Waals surface area contributed by atoms with Crippen LogP contribution in [-0.4, -0.2) is 47.0 Å². The summed E-state index contributed by atoms with van der Waals surface area (Å²) in [6, 6.07) is 8.66. The SMILES string of the molecule is CCN(C)C(=O)CNc1cc(C(=O)O)nc2ccccc12. The number of likely N-dealkylation sites (N-methyl/N-ethyl adjacent to an activating group) is 1. The fraction of sp³-hybridized carbons (Fsp3) is 0.267. The van der Waals surface area contributed by atoms with E-state index in [1.807, 2.05) is 19.1 Å². The number of pyridine rings is 1. The molecule has 2 rings (SSSR count). The summed E-state index contributed by atoms with van der Waals surface area (Å²) in [5, 5.41) is 12.9. The zero-order valence-corrected chi connectivity index (χ0v) is 12.0. The molecule has 1 amide bonds. The Labute approximate surface area is 122 Å². The van der Waals surface area contributed by atoms with Crippen LogP contribution in [0.4, 0.5) is 5.69 Å². The van der Waals surface area contributed by atoms with Gasteiger partial charge < -0.3 is 15.3 Å². The zero-order chi connectivity index (χ0) is 15.4. The average Bonchev–Trinajstić information content (AvgIpc) is 2.50. The Morgan fingerprint density at radius 2 is 2.05 bits per heavy atom. The maximum absolute atomic E-state index is 11.8. The number of para-hydroxylation sites is 1. The number of rotatable bonds is 5. The van der Waals surface area contributed by atoms with E-state index in [-0.39, 0.29) is 18.1 Å². The molecule has 0 radical (unpaired) electrons. The number of nitrogens with zero attached hydrogens (tertiary/aromatic N) is 2. The Morgan fingerprint density at radius 3 is 2.71 bits per heavy atom. The normalized spacial score (nSPS) is 10.4. The third-order valence-electron chi connectivity index (χ3n) is 3.27. The molecule has 2 aromatic rings. The van der Waals surface area contributed by atoms with Crippen molar-refractivity contribution < 1.29 is 14.7 Å². The molecule has 0 unspecified atom stereocenters. The quantitative estimate of drug-likeness (QED) is 0.876. The first-order chi connectivity index (χ1) is 10.0. The van der Waals surface area contributed by atoms with Crippen LogP contribution in [0.1, 0.15) is 17.4 Å². The maximum atomic E-state index is 11.8. The Bertz CT molecular complexity index is 685. The van der Waals surface area contributed by atoms with Gasteiger partial charge in [-0.3, -0.25) is 4.79 Å².